The number of thioether (sulfide) groups is 1. The Morgan fingerprint density at radius 3 is 2.92 bits per heavy atom. The number of aliphatic imine (C=N–C) groups is 1. The van der Waals surface area contributed by atoms with E-state index in [2.05, 4.69) is 10.1 Å². The molecule has 2 N–H and O–H groups in total. The lowest BCUT2D eigenvalue weighted by Gasteiger charge is -2.30. The fourth-order valence-electron chi connectivity index (χ4n) is 2.75. The summed E-state index contributed by atoms with van der Waals surface area (Å²) >= 11 is 1.47. The highest BCUT2D eigenvalue weighted by atomic mass is 32.2. The fourth-order valence-corrected chi connectivity index (χ4v) is 3.72. The van der Waals surface area contributed by atoms with E-state index in [1.165, 1.54) is 17.8 Å². The highest BCUT2D eigenvalue weighted by Gasteiger charge is 2.32. The first-order valence-electron chi connectivity index (χ1n) is 7.61. The maximum atomic E-state index is 14.4. The summed E-state index contributed by atoms with van der Waals surface area (Å²) in [6.45, 7) is 3.59. The van der Waals surface area contributed by atoms with Gasteiger partial charge in [0.15, 0.2) is 11.0 Å². The summed E-state index contributed by atoms with van der Waals surface area (Å²) in [6, 6.07) is 6.28. The van der Waals surface area contributed by atoms with Gasteiger partial charge in [0, 0.05) is 23.8 Å². The number of ketones is 1. The predicted molar refractivity (Wildman–Crippen MR) is 91.7 cm³/mol. The Morgan fingerprint density at radius 2 is 2.25 bits per heavy atom. The first-order chi connectivity index (χ1) is 11.4. The lowest BCUT2D eigenvalue weighted by Crippen LogP contribution is -2.29. The highest BCUT2D eigenvalue weighted by molar-refractivity contribution is 8.13. The van der Waals surface area contributed by atoms with Crippen LogP contribution in [0.1, 0.15) is 40.7 Å². The molecular weight excluding hydrogens is 329 g/mol. The zero-order valence-electron chi connectivity index (χ0n) is 13.5. The Morgan fingerprint density at radius 1 is 1.46 bits per heavy atom. The number of hydrogen-bond donors (Lipinski definition) is 1. The van der Waals surface area contributed by atoms with E-state index in [9.17, 15) is 9.18 Å². The molecule has 3 rings (SSSR count). The van der Waals surface area contributed by atoms with Crippen LogP contribution < -0.4 is 5.73 Å². The Hall–Kier alpha value is -2.15. The zero-order chi connectivity index (χ0) is 17.3. The maximum Gasteiger partial charge on any atom is 0.189 e. The van der Waals surface area contributed by atoms with Crippen molar-refractivity contribution in [3.05, 3.63) is 52.7 Å². The van der Waals surface area contributed by atoms with Gasteiger partial charge in [-0.15, -0.1) is 0 Å². The molecule has 126 valence electrons. The molecule has 1 aliphatic heterocycles. The van der Waals surface area contributed by atoms with Crippen LogP contribution in [-0.4, -0.2) is 21.9 Å². The fraction of sp³-hybridized carbons (Fsp3) is 0.353. The van der Waals surface area contributed by atoms with E-state index in [-0.39, 0.29) is 23.7 Å². The van der Waals surface area contributed by atoms with E-state index in [1.54, 1.807) is 25.1 Å². The van der Waals surface area contributed by atoms with Gasteiger partial charge in [-0.3, -0.25) is 9.79 Å². The minimum absolute atomic E-state index is 0.128. The van der Waals surface area contributed by atoms with Gasteiger partial charge in [-0.2, -0.15) is 0 Å². The summed E-state index contributed by atoms with van der Waals surface area (Å²) in [5.41, 5.74) is 6.56. The summed E-state index contributed by atoms with van der Waals surface area (Å²) in [5, 5.41) is 4.19. The van der Waals surface area contributed by atoms with Crippen molar-refractivity contribution < 1.29 is 13.7 Å². The minimum atomic E-state index is -0.705. The molecule has 0 saturated heterocycles. The zero-order valence-corrected chi connectivity index (χ0v) is 14.3. The van der Waals surface area contributed by atoms with Crippen molar-refractivity contribution in [2.75, 3.05) is 5.75 Å². The van der Waals surface area contributed by atoms with E-state index in [0.717, 1.165) is 5.75 Å². The second kappa shape index (κ2) is 6.39. The molecule has 0 bridgehead atoms. The largest absolute Gasteiger partial charge is 0.379 e. The van der Waals surface area contributed by atoms with Crippen LogP contribution in [0.2, 0.25) is 0 Å². The van der Waals surface area contributed by atoms with Gasteiger partial charge in [-0.05, 0) is 38.0 Å². The quantitative estimate of drug-likeness (QED) is 0.859. The van der Waals surface area contributed by atoms with Crippen LogP contribution in [0.5, 0.6) is 0 Å². The number of Topliss-reactive ketones (excluding diaryl/α,β-unsaturated/α-hetero) is 1. The number of hydrogen-bond acceptors (Lipinski definition) is 6. The number of aryl methyl sites for hydroxylation is 1. The molecule has 0 radical (unpaired) electrons. The number of rotatable bonds is 4. The third-order valence-corrected chi connectivity index (χ3v) is 4.88. The van der Waals surface area contributed by atoms with Crippen molar-refractivity contribution in [1.29, 1.82) is 0 Å². The summed E-state index contributed by atoms with van der Waals surface area (Å²) in [7, 11) is 0. The second-order valence-electron chi connectivity index (χ2n) is 6.06. The molecule has 1 aliphatic rings. The summed E-state index contributed by atoms with van der Waals surface area (Å²) in [6.07, 6.45) is 0.818. The molecule has 7 heteroatoms. The monoisotopic (exact) mass is 347 g/mol. The number of benzene rings is 1. The third kappa shape index (κ3) is 3.36. The van der Waals surface area contributed by atoms with Gasteiger partial charge < -0.3 is 10.3 Å². The molecule has 1 aromatic heterocycles. The molecule has 0 fully saturated rings. The van der Waals surface area contributed by atoms with Crippen molar-refractivity contribution in [3.8, 4) is 0 Å². The average Bonchev–Trinajstić information content (AvgIpc) is 2.95. The van der Waals surface area contributed by atoms with Gasteiger partial charge in [0.25, 0.3) is 0 Å². The molecular formula is C17H18FN3O2S. The van der Waals surface area contributed by atoms with Crippen molar-refractivity contribution >= 4 is 22.7 Å². The molecule has 2 aromatic rings. The van der Waals surface area contributed by atoms with Crippen molar-refractivity contribution in [3.63, 3.8) is 0 Å². The summed E-state index contributed by atoms with van der Waals surface area (Å²) < 4.78 is 19.3. The van der Waals surface area contributed by atoms with Gasteiger partial charge in [0.2, 0.25) is 0 Å². The standard InChI is InChI=1S/C17H18FN3O2S/c1-10-7-14(21-23-10)15(22)9-11-3-4-13(18)12(8-11)17(2)5-6-24-16(19)20-17/h3-4,7-8H,5-6,9H2,1-2H3,(H2,19,20)/t17-/m0/s1. The van der Waals surface area contributed by atoms with E-state index in [1.807, 2.05) is 6.92 Å². The molecule has 0 amide bonds. The first-order valence-corrected chi connectivity index (χ1v) is 8.59. The number of carbonyl (C=O) groups excluding carboxylic acids is 1. The van der Waals surface area contributed by atoms with Crippen LogP contribution in [0.15, 0.2) is 33.8 Å². The molecule has 1 atom stereocenters. The van der Waals surface area contributed by atoms with Gasteiger partial charge in [-0.25, -0.2) is 4.39 Å². The van der Waals surface area contributed by atoms with Crippen molar-refractivity contribution in [2.24, 2.45) is 10.7 Å². The topological polar surface area (TPSA) is 81.5 Å². The summed E-state index contributed by atoms with van der Waals surface area (Å²) in [4.78, 5) is 16.7. The van der Waals surface area contributed by atoms with Crippen LogP contribution in [0, 0.1) is 12.7 Å². The molecule has 0 unspecified atom stereocenters. The van der Waals surface area contributed by atoms with Crippen LogP contribution in [-0.2, 0) is 12.0 Å². The predicted octanol–water partition coefficient (Wildman–Crippen LogP) is 3.21. The maximum absolute atomic E-state index is 14.4. The number of carbonyl (C=O) groups is 1. The molecule has 0 spiro atoms. The van der Waals surface area contributed by atoms with Gasteiger partial charge in [0.1, 0.15) is 17.3 Å². The average molecular weight is 347 g/mol. The van der Waals surface area contributed by atoms with E-state index < -0.39 is 5.54 Å². The Balaban J connectivity index is 1.89. The number of amidine groups is 1. The van der Waals surface area contributed by atoms with Crippen molar-refractivity contribution in [1.82, 2.24) is 5.16 Å². The molecule has 0 aliphatic carbocycles. The second-order valence-corrected chi connectivity index (χ2v) is 7.17. The normalized spacial score (nSPS) is 20.7. The number of nitrogens with zero attached hydrogens (tertiary/aromatic N) is 2. The third-order valence-electron chi connectivity index (χ3n) is 4.09. The van der Waals surface area contributed by atoms with Crippen LogP contribution in [0.4, 0.5) is 4.39 Å². The smallest absolute Gasteiger partial charge is 0.189 e. The Labute approximate surface area is 143 Å². The van der Waals surface area contributed by atoms with Crippen LogP contribution in [0.3, 0.4) is 0 Å². The Bertz CT molecular complexity index is 818. The molecule has 2 heterocycles. The van der Waals surface area contributed by atoms with E-state index in [4.69, 9.17) is 10.3 Å². The first kappa shape index (κ1) is 16.7. The van der Waals surface area contributed by atoms with Gasteiger partial charge in [0.05, 0.1) is 5.54 Å². The highest BCUT2D eigenvalue weighted by Crippen LogP contribution is 2.36. The van der Waals surface area contributed by atoms with Gasteiger partial charge >= 0.3 is 0 Å². The summed E-state index contributed by atoms with van der Waals surface area (Å²) in [5.74, 6) is 0.855. The van der Waals surface area contributed by atoms with Crippen LogP contribution in [0.25, 0.3) is 0 Å². The van der Waals surface area contributed by atoms with E-state index in [0.29, 0.717) is 28.5 Å². The molecule has 5 nitrogen and oxygen atoms in total. The lowest BCUT2D eigenvalue weighted by molar-refractivity contribution is 0.0984. The number of halogens is 1. The van der Waals surface area contributed by atoms with Crippen LogP contribution >= 0.6 is 11.8 Å². The lowest BCUT2D eigenvalue weighted by atomic mass is 9.87. The Kier molecular flexibility index (Phi) is 4.45. The molecule has 0 saturated carbocycles. The molecule has 24 heavy (non-hydrogen) atoms. The van der Waals surface area contributed by atoms with E-state index >= 15 is 0 Å². The van der Waals surface area contributed by atoms with Crippen molar-refractivity contribution in [2.45, 2.75) is 32.2 Å². The number of nitrogens with two attached hydrogens (primary N) is 1. The number of aromatic nitrogens is 1. The van der Waals surface area contributed by atoms with Gasteiger partial charge in [-0.1, -0.05) is 23.0 Å². The molecule has 1 aromatic carbocycles. The SMILES string of the molecule is Cc1cc(C(=O)Cc2ccc(F)c([C@]3(C)CCSC(N)=N3)c2)no1. The minimum Gasteiger partial charge on any atom is -0.379 e.